The number of para-hydroxylation sites is 1. The second kappa shape index (κ2) is 3.82. The van der Waals surface area contributed by atoms with Gasteiger partial charge >= 0.3 is 0 Å². The van der Waals surface area contributed by atoms with E-state index in [1.54, 1.807) is 18.2 Å². The molecular formula is C8H12N2O2. The smallest absolute Gasteiger partial charge is 0.185 e. The molecule has 1 rings (SSSR count). The summed E-state index contributed by atoms with van der Waals surface area (Å²) in [7, 11) is 0. The highest BCUT2D eigenvalue weighted by atomic mass is 16.5. The van der Waals surface area contributed by atoms with Gasteiger partial charge in [-0.2, -0.15) is 0 Å². The minimum atomic E-state index is 0.0901. The lowest BCUT2D eigenvalue weighted by Crippen LogP contribution is -2.08. The number of benzene rings is 1. The molecule has 66 valence electrons. The van der Waals surface area contributed by atoms with Crippen LogP contribution in [0.3, 0.4) is 0 Å². The van der Waals surface area contributed by atoms with Gasteiger partial charge in [-0.1, -0.05) is 6.07 Å². The number of hydrogen-bond acceptors (Lipinski definition) is 4. The van der Waals surface area contributed by atoms with Gasteiger partial charge in [0.1, 0.15) is 0 Å². The quantitative estimate of drug-likeness (QED) is 0.466. The summed E-state index contributed by atoms with van der Waals surface area (Å²) < 4.78 is 5.17. The second-order valence-electron chi connectivity index (χ2n) is 2.23. The zero-order valence-corrected chi connectivity index (χ0v) is 6.87. The summed E-state index contributed by atoms with van der Waals surface area (Å²) in [5.41, 5.74) is 3.02. The predicted molar refractivity (Wildman–Crippen MR) is 47.1 cm³/mol. The summed E-state index contributed by atoms with van der Waals surface area (Å²) in [5, 5.41) is 9.33. The average molecular weight is 168 g/mol. The maximum atomic E-state index is 9.33. The summed E-state index contributed by atoms with van der Waals surface area (Å²) in [6, 6.07) is 4.96. The third-order valence-electron chi connectivity index (χ3n) is 1.44. The third-order valence-corrected chi connectivity index (χ3v) is 1.44. The van der Waals surface area contributed by atoms with Crippen LogP contribution in [-0.4, -0.2) is 11.7 Å². The number of nitrogens with one attached hydrogen (secondary N) is 1. The standard InChI is InChI=1S/C8H12N2O2/c1-2-12-8-6(10-9)4-3-5-7(8)11/h3-5,10-11H,2,9H2,1H3. The molecule has 1 aromatic carbocycles. The molecule has 0 aliphatic rings. The number of phenolic OH excluding ortho intramolecular Hbond substituents is 1. The number of rotatable bonds is 3. The molecule has 0 saturated heterocycles. The van der Waals surface area contributed by atoms with E-state index in [1.165, 1.54) is 0 Å². The summed E-state index contributed by atoms with van der Waals surface area (Å²) in [5.74, 6) is 5.69. The monoisotopic (exact) mass is 168 g/mol. The minimum absolute atomic E-state index is 0.0901. The maximum absolute atomic E-state index is 9.33. The van der Waals surface area contributed by atoms with Crippen LogP contribution in [-0.2, 0) is 0 Å². The van der Waals surface area contributed by atoms with E-state index >= 15 is 0 Å². The van der Waals surface area contributed by atoms with Gasteiger partial charge in [-0.15, -0.1) is 0 Å². The van der Waals surface area contributed by atoms with Gasteiger partial charge in [0, 0.05) is 0 Å². The van der Waals surface area contributed by atoms with Crippen molar-refractivity contribution in [2.75, 3.05) is 12.0 Å². The zero-order chi connectivity index (χ0) is 8.97. The molecule has 0 amide bonds. The first-order valence-electron chi connectivity index (χ1n) is 3.71. The van der Waals surface area contributed by atoms with Gasteiger partial charge in [0.25, 0.3) is 0 Å². The molecule has 4 N–H and O–H groups in total. The molecule has 0 heterocycles. The van der Waals surface area contributed by atoms with Crippen molar-refractivity contribution in [2.45, 2.75) is 6.92 Å². The first kappa shape index (κ1) is 8.67. The van der Waals surface area contributed by atoms with Crippen LogP contribution in [0.25, 0.3) is 0 Å². The van der Waals surface area contributed by atoms with Gasteiger partial charge in [-0.25, -0.2) is 0 Å². The Morgan fingerprint density at radius 1 is 1.58 bits per heavy atom. The van der Waals surface area contributed by atoms with E-state index in [-0.39, 0.29) is 5.75 Å². The lowest BCUT2D eigenvalue weighted by atomic mass is 10.3. The molecule has 4 heteroatoms. The fourth-order valence-electron chi connectivity index (χ4n) is 0.935. The molecule has 12 heavy (non-hydrogen) atoms. The Kier molecular flexibility index (Phi) is 2.76. The van der Waals surface area contributed by atoms with Crippen LogP contribution in [0.2, 0.25) is 0 Å². The number of phenols is 1. The lowest BCUT2D eigenvalue weighted by molar-refractivity contribution is 0.319. The minimum Gasteiger partial charge on any atom is -0.504 e. The molecule has 0 fully saturated rings. The van der Waals surface area contributed by atoms with E-state index in [4.69, 9.17) is 10.6 Å². The van der Waals surface area contributed by atoms with Crippen LogP contribution in [0.4, 0.5) is 5.69 Å². The zero-order valence-electron chi connectivity index (χ0n) is 6.87. The molecule has 0 radical (unpaired) electrons. The van der Waals surface area contributed by atoms with Gasteiger partial charge in [-0.3, -0.25) is 5.84 Å². The first-order chi connectivity index (χ1) is 5.79. The fraction of sp³-hybridized carbons (Fsp3) is 0.250. The molecule has 0 saturated carbocycles. The van der Waals surface area contributed by atoms with Crippen molar-refractivity contribution >= 4 is 5.69 Å². The molecule has 0 aliphatic carbocycles. The van der Waals surface area contributed by atoms with Crippen LogP contribution in [0.15, 0.2) is 18.2 Å². The van der Waals surface area contributed by atoms with Crippen LogP contribution in [0.5, 0.6) is 11.5 Å². The second-order valence-corrected chi connectivity index (χ2v) is 2.23. The van der Waals surface area contributed by atoms with Gasteiger partial charge in [-0.05, 0) is 19.1 Å². The van der Waals surface area contributed by atoms with Crippen LogP contribution in [0, 0.1) is 0 Å². The lowest BCUT2D eigenvalue weighted by Gasteiger charge is -2.10. The molecule has 0 aromatic heterocycles. The summed E-state index contributed by atoms with van der Waals surface area (Å²) in [4.78, 5) is 0. The number of anilines is 1. The first-order valence-corrected chi connectivity index (χ1v) is 3.71. The number of nitrogen functional groups attached to an aromatic ring is 1. The molecular weight excluding hydrogens is 156 g/mol. The summed E-state index contributed by atoms with van der Waals surface area (Å²) in [6.45, 7) is 2.33. The normalized spacial score (nSPS) is 9.50. The topological polar surface area (TPSA) is 67.5 Å². The number of ether oxygens (including phenoxy) is 1. The van der Waals surface area contributed by atoms with E-state index in [2.05, 4.69) is 5.43 Å². The molecule has 0 aliphatic heterocycles. The number of hydrazine groups is 1. The van der Waals surface area contributed by atoms with Crippen molar-refractivity contribution in [3.8, 4) is 11.5 Å². The molecule has 0 bridgehead atoms. The van der Waals surface area contributed by atoms with E-state index in [0.29, 0.717) is 18.0 Å². The molecule has 0 spiro atoms. The summed E-state index contributed by atoms with van der Waals surface area (Å²) >= 11 is 0. The van der Waals surface area contributed by atoms with Gasteiger partial charge in [0.15, 0.2) is 11.5 Å². The largest absolute Gasteiger partial charge is 0.504 e. The Hall–Kier alpha value is -1.42. The van der Waals surface area contributed by atoms with E-state index in [0.717, 1.165) is 0 Å². The highest BCUT2D eigenvalue weighted by molar-refractivity contribution is 5.61. The molecule has 1 aromatic rings. The van der Waals surface area contributed by atoms with Crippen molar-refractivity contribution in [3.63, 3.8) is 0 Å². The molecule has 0 unspecified atom stereocenters. The Balaban J connectivity index is 3.02. The van der Waals surface area contributed by atoms with Gasteiger partial charge in [0.2, 0.25) is 0 Å². The SMILES string of the molecule is CCOc1c(O)cccc1NN. The summed E-state index contributed by atoms with van der Waals surface area (Å²) in [6.07, 6.45) is 0. The van der Waals surface area contributed by atoms with E-state index < -0.39 is 0 Å². The Morgan fingerprint density at radius 2 is 2.33 bits per heavy atom. The predicted octanol–water partition coefficient (Wildman–Crippen LogP) is 1.08. The van der Waals surface area contributed by atoms with Crippen LogP contribution in [0.1, 0.15) is 6.92 Å². The van der Waals surface area contributed by atoms with Crippen molar-refractivity contribution < 1.29 is 9.84 Å². The molecule has 0 atom stereocenters. The van der Waals surface area contributed by atoms with Gasteiger partial charge in [0.05, 0.1) is 12.3 Å². The Morgan fingerprint density at radius 3 is 2.92 bits per heavy atom. The Bertz CT molecular complexity index is 263. The maximum Gasteiger partial charge on any atom is 0.185 e. The van der Waals surface area contributed by atoms with Crippen LogP contribution >= 0.6 is 0 Å². The van der Waals surface area contributed by atoms with Crippen molar-refractivity contribution in [2.24, 2.45) is 5.84 Å². The van der Waals surface area contributed by atoms with Gasteiger partial charge < -0.3 is 15.3 Å². The third kappa shape index (κ3) is 1.60. The van der Waals surface area contributed by atoms with Crippen molar-refractivity contribution in [1.82, 2.24) is 0 Å². The number of nitrogens with two attached hydrogens (primary N) is 1. The number of hydrogen-bond donors (Lipinski definition) is 3. The number of aromatic hydroxyl groups is 1. The van der Waals surface area contributed by atoms with E-state index in [9.17, 15) is 5.11 Å². The van der Waals surface area contributed by atoms with Crippen molar-refractivity contribution in [3.05, 3.63) is 18.2 Å². The fourth-order valence-corrected chi connectivity index (χ4v) is 0.935. The highest BCUT2D eigenvalue weighted by Crippen LogP contribution is 2.33. The highest BCUT2D eigenvalue weighted by Gasteiger charge is 2.06. The van der Waals surface area contributed by atoms with E-state index in [1.807, 2.05) is 6.92 Å². The molecule has 4 nitrogen and oxygen atoms in total. The van der Waals surface area contributed by atoms with Crippen LogP contribution < -0.4 is 16.0 Å². The Labute approximate surface area is 70.9 Å². The van der Waals surface area contributed by atoms with Crippen molar-refractivity contribution in [1.29, 1.82) is 0 Å². The average Bonchev–Trinajstić information content (AvgIpc) is 2.09.